The number of aliphatic carboxylic acids is 1. The van der Waals surface area contributed by atoms with E-state index in [0.717, 1.165) is 12.1 Å². The lowest BCUT2D eigenvalue weighted by Gasteiger charge is -2.08. The first-order valence-electron chi connectivity index (χ1n) is 6.97. The van der Waals surface area contributed by atoms with Crippen LogP contribution in [-0.2, 0) is 11.2 Å². The molecule has 0 atom stereocenters. The molecule has 0 aliphatic heterocycles. The van der Waals surface area contributed by atoms with Gasteiger partial charge >= 0.3 is 5.97 Å². The highest BCUT2D eigenvalue weighted by Gasteiger charge is 2.11. The number of allylic oxidation sites excluding steroid dienone is 1. The van der Waals surface area contributed by atoms with Crippen molar-refractivity contribution in [2.24, 2.45) is 0 Å². The van der Waals surface area contributed by atoms with Crippen LogP contribution in [0.3, 0.4) is 0 Å². The standard InChI is InChI=1S/C18H14F2O4/c1-24-17-7-4-12(9-13(17)10-18(22)23)16(21)6-3-11-2-5-14(19)15(20)8-11/h2-9H,10H2,1H3,(H,22,23). The Morgan fingerprint density at radius 1 is 1.12 bits per heavy atom. The van der Waals surface area contributed by atoms with Gasteiger partial charge in [-0.25, -0.2) is 8.78 Å². The minimum Gasteiger partial charge on any atom is -0.496 e. The van der Waals surface area contributed by atoms with Crippen molar-refractivity contribution in [2.45, 2.75) is 6.42 Å². The summed E-state index contributed by atoms with van der Waals surface area (Å²) >= 11 is 0. The van der Waals surface area contributed by atoms with Crippen molar-refractivity contribution in [2.75, 3.05) is 7.11 Å². The van der Waals surface area contributed by atoms with Crippen LogP contribution < -0.4 is 4.74 Å². The number of carboxylic acid groups (broad SMARTS) is 1. The molecule has 0 aliphatic rings. The van der Waals surface area contributed by atoms with Crippen LogP contribution in [0.1, 0.15) is 21.5 Å². The molecule has 0 heterocycles. The summed E-state index contributed by atoms with van der Waals surface area (Å²) in [7, 11) is 1.41. The van der Waals surface area contributed by atoms with Crippen molar-refractivity contribution in [3.63, 3.8) is 0 Å². The fourth-order valence-corrected chi connectivity index (χ4v) is 2.12. The summed E-state index contributed by atoms with van der Waals surface area (Å²) in [6, 6.07) is 7.73. The lowest BCUT2D eigenvalue weighted by Crippen LogP contribution is -2.04. The Bertz CT molecular complexity index is 813. The smallest absolute Gasteiger partial charge is 0.307 e. The van der Waals surface area contributed by atoms with Crippen LogP contribution in [-0.4, -0.2) is 24.0 Å². The maximum atomic E-state index is 13.1. The predicted octanol–water partition coefficient (Wildman–Crippen LogP) is 3.50. The summed E-state index contributed by atoms with van der Waals surface area (Å²) in [5.41, 5.74) is 0.976. The molecule has 2 rings (SSSR count). The predicted molar refractivity (Wildman–Crippen MR) is 84.1 cm³/mol. The lowest BCUT2D eigenvalue weighted by molar-refractivity contribution is -0.136. The van der Waals surface area contributed by atoms with Crippen LogP contribution in [0.2, 0.25) is 0 Å². The van der Waals surface area contributed by atoms with Crippen molar-refractivity contribution in [3.05, 3.63) is 70.8 Å². The highest BCUT2D eigenvalue weighted by atomic mass is 19.2. The molecular formula is C18H14F2O4. The van der Waals surface area contributed by atoms with Gasteiger partial charge in [0.25, 0.3) is 0 Å². The third kappa shape index (κ3) is 4.25. The number of ketones is 1. The van der Waals surface area contributed by atoms with Gasteiger partial charge in [0.15, 0.2) is 17.4 Å². The second-order valence-corrected chi connectivity index (χ2v) is 4.97. The SMILES string of the molecule is COc1ccc(C(=O)C=Cc2ccc(F)c(F)c2)cc1CC(=O)O. The molecule has 6 heteroatoms. The molecule has 0 radical (unpaired) electrons. The van der Waals surface area contributed by atoms with Gasteiger partial charge in [0.2, 0.25) is 0 Å². The van der Waals surface area contributed by atoms with E-state index in [0.29, 0.717) is 16.9 Å². The number of carbonyl (C=O) groups excluding carboxylic acids is 1. The summed E-state index contributed by atoms with van der Waals surface area (Å²) in [5.74, 6) is -3.03. The van der Waals surface area contributed by atoms with E-state index in [1.807, 2.05) is 0 Å². The molecule has 0 unspecified atom stereocenters. The van der Waals surface area contributed by atoms with E-state index in [4.69, 9.17) is 9.84 Å². The van der Waals surface area contributed by atoms with Gasteiger partial charge in [-0.1, -0.05) is 12.1 Å². The number of ether oxygens (including phenoxy) is 1. The summed E-state index contributed by atoms with van der Waals surface area (Å²) in [5, 5.41) is 8.90. The first-order chi connectivity index (χ1) is 11.4. The van der Waals surface area contributed by atoms with Gasteiger partial charge in [-0.3, -0.25) is 9.59 Å². The Kier molecular flexibility index (Phi) is 5.42. The Hall–Kier alpha value is -3.02. The van der Waals surface area contributed by atoms with Gasteiger partial charge in [0, 0.05) is 11.1 Å². The molecule has 0 spiro atoms. The lowest BCUT2D eigenvalue weighted by atomic mass is 10.0. The number of hydrogen-bond donors (Lipinski definition) is 1. The topological polar surface area (TPSA) is 63.6 Å². The van der Waals surface area contributed by atoms with Crippen LogP contribution in [0, 0.1) is 11.6 Å². The zero-order valence-electron chi connectivity index (χ0n) is 12.8. The molecule has 0 amide bonds. The average molecular weight is 332 g/mol. The molecule has 4 nitrogen and oxygen atoms in total. The third-order valence-corrected chi connectivity index (χ3v) is 3.28. The van der Waals surface area contributed by atoms with Crippen LogP contribution >= 0.6 is 0 Å². The monoisotopic (exact) mass is 332 g/mol. The molecule has 0 bridgehead atoms. The van der Waals surface area contributed by atoms with Crippen LogP contribution in [0.15, 0.2) is 42.5 Å². The molecule has 0 aromatic heterocycles. The number of halogens is 2. The van der Waals surface area contributed by atoms with Gasteiger partial charge in [-0.05, 0) is 42.0 Å². The molecule has 0 saturated heterocycles. The maximum absolute atomic E-state index is 13.1. The van der Waals surface area contributed by atoms with Gasteiger partial charge < -0.3 is 9.84 Å². The first kappa shape index (κ1) is 17.3. The fourth-order valence-electron chi connectivity index (χ4n) is 2.12. The first-order valence-corrected chi connectivity index (χ1v) is 6.97. The Balaban J connectivity index is 2.24. The molecule has 24 heavy (non-hydrogen) atoms. The summed E-state index contributed by atoms with van der Waals surface area (Å²) < 4.78 is 31.0. The van der Waals surface area contributed by atoms with Gasteiger partial charge in [-0.15, -0.1) is 0 Å². The second-order valence-electron chi connectivity index (χ2n) is 4.97. The highest BCUT2D eigenvalue weighted by Crippen LogP contribution is 2.21. The van der Waals surface area contributed by atoms with Crippen LogP contribution in [0.5, 0.6) is 5.75 Å². The molecule has 2 aromatic carbocycles. The minimum atomic E-state index is -1.05. The Morgan fingerprint density at radius 2 is 1.88 bits per heavy atom. The van der Waals surface area contributed by atoms with Crippen molar-refractivity contribution in [1.29, 1.82) is 0 Å². The second kappa shape index (κ2) is 7.50. The van der Waals surface area contributed by atoms with E-state index in [2.05, 4.69) is 0 Å². The number of carboxylic acids is 1. The molecule has 0 saturated carbocycles. The van der Waals surface area contributed by atoms with Crippen molar-refractivity contribution in [1.82, 2.24) is 0 Å². The van der Waals surface area contributed by atoms with E-state index < -0.39 is 23.4 Å². The number of methoxy groups -OCH3 is 1. The number of rotatable bonds is 6. The third-order valence-electron chi connectivity index (χ3n) is 3.28. The quantitative estimate of drug-likeness (QED) is 0.650. The van der Waals surface area contributed by atoms with E-state index in [-0.39, 0.29) is 12.0 Å². The van der Waals surface area contributed by atoms with Gasteiger partial charge in [-0.2, -0.15) is 0 Å². The normalized spacial score (nSPS) is 10.8. The zero-order valence-corrected chi connectivity index (χ0v) is 12.8. The molecule has 2 aromatic rings. The summed E-state index contributed by atoms with van der Waals surface area (Å²) in [6.07, 6.45) is 2.28. The van der Waals surface area contributed by atoms with Crippen molar-refractivity contribution >= 4 is 17.8 Å². The Labute approximate surface area is 137 Å². The van der Waals surface area contributed by atoms with E-state index in [1.54, 1.807) is 0 Å². The molecule has 1 N–H and O–H groups in total. The largest absolute Gasteiger partial charge is 0.496 e. The van der Waals surface area contributed by atoms with Crippen molar-refractivity contribution in [3.8, 4) is 5.75 Å². The number of hydrogen-bond acceptors (Lipinski definition) is 3. The summed E-state index contributed by atoms with van der Waals surface area (Å²) in [6.45, 7) is 0. The Morgan fingerprint density at radius 3 is 2.50 bits per heavy atom. The number of carbonyl (C=O) groups is 2. The van der Waals surface area contributed by atoms with Gasteiger partial charge in [0.05, 0.1) is 13.5 Å². The van der Waals surface area contributed by atoms with Crippen LogP contribution in [0.25, 0.3) is 6.08 Å². The van der Waals surface area contributed by atoms with Gasteiger partial charge in [0.1, 0.15) is 5.75 Å². The molecular weight excluding hydrogens is 318 g/mol. The van der Waals surface area contributed by atoms with Crippen LogP contribution in [0.4, 0.5) is 8.78 Å². The maximum Gasteiger partial charge on any atom is 0.307 e. The fraction of sp³-hybridized carbons (Fsp3) is 0.111. The molecule has 0 aliphatic carbocycles. The molecule has 0 fully saturated rings. The zero-order chi connectivity index (χ0) is 17.7. The highest BCUT2D eigenvalue weighted by molar-refractivity contribution is 6.07. The average Bonchev–Trinajstić information content (AvgIpc) is 2.55. The molecule has 124 valence electrons. The van der Waals surface area contributed by atoms with E-state index in [9.17, 15) is 18.4 Å². The van der Waals surface area contributed by atoms with E-state index >= 15 is 0 Å². The summed E-state index contributed by atoms with van der Waals surface area (Å²) in [4.78, 5) is 23.0. The number of benzene rings is 2. The van der Waals surface area contributed by atoms with E-state index in [1.165, 1.54) is 43.5 Å². The van der Waals surface area contributed by atoms with Crippen molar-refractivity contribution < 1.29 is 28.2 Å². The minimum absolute atomic E-state index is 0.269.